The number of hydrogen-bond acceptors (Lipinski definition) is 8. The normalized spacial score (nSPS) is 13.5. The fraction of sp³-hybridized carbons (Fsp3) is 0.474. The molecule has 11 nitrogen and oxygen atoms in total. The van der Waals surface area contributed by atoms with E-state index in [-0.39, 0.29) is 18.6 Å². The first-order valence-corrected chi connectivity index (χ1v) is 10.8. The molecule has 172 valence electrons. The predicted octanol–water partition coefficient (Wildman–Crippen LogP) is -1.82. The Balaban J connectivity index is 2.50. The van der Waals surface area contributed by atoms with Gasteiger partial charge in [-0.2, -0.15) is 11.8 Å². The Hall–Kier alpha value is -2.83. The first kappa shape index (κ1) is 26.2. The molecule has 0 radical (unpaired) electrons. The summed E-state index contributed by atoms with van der Waals surface area (Å²) in [6.07, 6.45) is 2.16. The Bertz CT molecular complexity index is 760. The molecular formula is C19H28N4O7S. The lowest BCUT2D eigenvalue weighted by Crippen LogP contribution is -2.55. The molecule has 0 bridgehead atoms. The summed E-state index contributed by atoms with van der Waals surface area (Å²) in [6.45, 7) is -1.23. The minimum Gasteiger partial charge on any atom is -0.508 e. The zero-order valence-corrected chi connectivity index (χ0v) is 17.9. The number of phenolic OH excluding ortho intramolecular Hbond substituents is 1. The third-order valence-electron chi connectivity index (χ3n) is 4.21. The van der Waals surface area contributed by atoms with Crippen molar-refractivity contribution in [1.29, 1.82) is 0 Å². The van der Waals surface area contributed by atoms with Gasteiger partial charge in [-0.1, -0.05) is 12.1 Å². The van der Waals surface area contributed by atoms with Crippen LogP contribution in [-0.4, -0.2) is 82.3 Å². The van der Waals surface area contributed by atoms with Crippen LogP contribution in [0.25, 0.3) is 0 Å². The number of aliphatic hydroxyl groups is 1. The van der Waals surface area contributed by atoms with E-state index >= 15 is 0 Å². The summed E-state index contributed by atoms with van der Waals surface area (Å²) >= 11 is 1.42. The SMILES string of the molecule is CSCCC(NC(=O)C(CO)NC(=O)CNC(=O)C(N)Cc1ccc(O)cc1)C(=O)O. The van der Waals surface area contributed by atoms with E-state index in [1.54, 1.807) is 18.4 Å². The second-order valence-corrected chi connectivity index (χ2v) is 7.66. The second-order valence-electron chi connectivity index (χ2n) is 6.68. The van der Waals surface area contributed by atoms with E-state index in [1.165, 1.54) is 23.9 Å². The second kappa shape index (κ2) is 13.5. The van der Waals surface area contributed by atoms with Crippen LogP contribution in [0.5, 0.6) is 5.75 Å². The number of aliphatic hydroxyl groups excluding tert-OH is 1. The lowest BCUT2D eigenvalue weighted by Gasteiger charge is -2.20. The fourth-order valence-corrected chi connectivity index (χ4v) is 2.95. The Morgan fingerprint density at radius 2 is 1.71 bits per heavy atom. The molecule has 0 fully saturated rings. The molecule has 0 saturated heterocycles. The highest BCUT2D eigenvalue weighted by Gasteiger charge is 2.26. The van der Waals surface area contributed by atoms with Gasteiger partial charge in [0.25, 0.3) is 0 Å². The van der Waals surface area contributed by atoms with Crippen molar-refractivity contribution in [1.82, 2.24) is 16.0 Å². The van der Waals surface area contributed by atoms with Gasteiger partial charge in [-0.3, -0.25) is 14.4 Å². The maximum atomic E-state index is 12.2. The number of phenols is 1. The van der Waals surface area contributed by atoms with E-state index in [0.717, 1.165) is 5.56 Å². The Kier molecular flexibility index (Phi) is 11.4. The maximum Gasteiger partial charge on any atom is 0.326 e. The summed E-state index contributed by atoms with van der Waals surface area (Å²) in [4.78, 5) is 47.5. The van der Waals surface area contributed by atoms with Crippen molar-refractivity contribution in [2.75, 3.05) is 25.2 Å². The number of carboxylic acid groups (broad SMARTS) is 1. The number of carbonyl (C=O) groups is 4. The van der Waals surface area contributed by atoms with Crippen molar-refractivity contribution in [3.05, 3.63) is 29.8 Å². The van der Waals surface area contributed by atoms with Crippen LogP contribution in [0.4, 0.5) is 0 Å². The number of amides is 3. The smallest absolute Gasteiger partial charge is 0.326 e. The number of carboxylic acids is 1. The van der Waals surface area contributed by atoms with Crippen LogP contribution in [0.15, 0.2) is 24.3 Å². The van der Waals surface area contributed by atoms with E-state index in [2.05, 4.69) is 16.0 Å². The number of rotatable bonds is 13. The molecule has 3 unspecified atom stereocenters. The molecular weight excluding hydrogens is 428 g/mol. The molecule has 0 aliphatic carbocycles. The molecule has 1 rings (SSSR count). The van der Waals surface area contributed by atoms with Gasteiger partial charge in [-0.15, -0.1) is 0 Å². The molecule has 0 aromatic heterocycles. The Morgan fingerprint density at radius 3 is 2.26 bits per heavy atom. The molecule has 0 aliphatic rings. The molecule has 3 atom stereocenters. The van der Waals surface area contributed by atoms with Gasteiger partial charge >= 0.3 is 5.97 Å². The molecule has 0 spiro atoms. The third kappa shape index (κ3) is 9.68. The van der Waals surface area contributed by atoms with E-state index in [9.17, 15) is 29.4 Å². The maximum absolute atomic E-state index is 12.2. The minimum atomic E-state index is -1.37. The van der Waals surface area contributed by atoms with Crippen molar-refractivity contribution >= 4 is 35.5 Å². The molecule has 0 saturated carbocycles. The van der Waals surface area contributed by atoms with Gasteiger partial charge in [-0.05, 0) is 42.5 Å². The largest absolute Gasteiger partial charge is 0.508 e. The molecule has 1 aromatic rings. The number of nitrogens with one attached hydrogen (secondary N) is 3. The number of benzene rings is 1. The zero-order chi connectivity index (χ0) is 23.4. The summed E-state index contributed by atoms with van der Waals surface area (Å²) in [5.74, 6) is -2.84. The number of hydrogen-bond donors (Lipinski definition) is 7. The minimum absolute atomic E-state index is 0.0832. The van der Waals surface area contributed by atoms with Crippen molar-refractivity contribution in [3.8, 4) is 5.75 Å². The lowest BCUT2D eigenvalue weighted by atomic mass is 10.1. The van der Waals surface area contributed by atoms with Crippen LogP contribution >= 0.6 is 11.8 Å². The molecule has 0 aliphatic heterocycles. The molecule has 8 N–H and O–H groups in total. The van der Waals surface area contributed by atoms with E-state index in [0.29, 0.717) is 5.75 Å². The Labute approximate surface area is 183 Å². The van der Waals surface area contributed by atoms with Gasteiger partial charge in [0.2, 0.25) is 17.7 Å². The molecule has 0 heterocycles. The highest BCUT2D eigenvalue weighted by Crippen LogP contribution is 2.10. The number of aromatic hydroxyl groups is 1. The van der Waals surface area contributed by atoms with E-state index in [1.807, 2.05) is 0 Å². The van der Waals surface area contributed by atoms with Crippen LogP contribution in [0, 0.1) is 0 Å². The molecule has 3 amide bonds. The van der Waals surface area contributed by atoms with Crippen LogP contribution in [0.2, 0.25) is 0 Å². The van der Waals surface area contributed by atoms with E-state index in [4.69, 9.17) is 10.8 Å². The number of carbonyl (C=O) groups excluding carboxylic acids is 3. The van der Waals surface area contributed by atoms with E-state index < -0.39 is 55.0 Å². The van der Waals surface area contributed by atoms with Gasteiger partial charge in [0.15, 0.2) is 0 Å². The highest BCUT2D eigenvalue weighted by molar-refractivity contribution is 7.98. The first-order valence-electron chi connectivity index (χ1n) is 9.41. The zero-order valence-electron chi connectivity index (χ0n) is 17.0. The van der Waals surface area contributed by atoms with Gasteiger partial charge in [-0.25, -0.2) is 4.79 Å². The quantitative estimate of drug-likeness (QED) is 0.179. The monoisotopic (exact) mass is 456 g/mol. The van der Waals surface area contributed by atoms with Crippen molar-refractivity contribution in [2.45, 2.75) is 31.0 Å². The number of aliphatic carboxylic acids is 1. The van der Waals surface area contributed by atoms with Crippen LogP contribution < -0.4 is 21.7 Å². The highest BCUT2D eigenvalue weighted by atomic mass is 32.2. The fourth-order valence-electron chi connectivity index (χ4n) is 2.48. The summed E-state index contributed by atoms with van der Waals surface area (Å²) in [5, 5.41) is 34.6. The van der Waals surface area contributed by atoms with Crippen LogP contribution in [-0.2, 0) is 25.6 Å². The number of thioether (sulfide) groups is 1. The van der Waals surface area contributed by atoms with Crippen molar-refractivity contribution in [3.63, 3.8) is 0 Å². The summed E-state index contributed by atoms with van der Waals surface area (Å²) in [6, 6.07) is 2.69. The summed E-state index contributed by atoms with van der Waals surface area (Å²) in [7, 11) is 0. The standard InChI is InChI=1S/C19H28N4O7S/c1-31-7-6-14(19(29)30)23-18(28)15(10-24)22-16(26)9-21-17(27)13(20)8-11-2-4-12(25)5-3-11/h2-5,13-15,24-25H,6-10,20H2,1H3,(H,21,27)(H,22,26)(H,23,28)(H,29,30). The third-order valence-corrected chi connectivity index (χ3v) is 4.86. The number of nitrogens with two attached hydrogens (primary N) is 1. The lowest BCUT2D eigenvalue weighted by molar-refractivity contribution is -0.142. The van der Waals surface area contributed by atoms with Gasteiger partial charge in [0, 0.05) is 0 Å². The Morgan fingerprint density at radius 1 is 1.06 bits per heavy atom. The van der Waals surface area contributed by atoms with Crippen LogP contribution in [0.1, 0.15) is 12.0 Å². The summed E-state index contributed by atoms with van der Waals surface area (Å²) in [5.41, 5.74) is 6.52. The van der Waals surface area contributed by atoms with Crippen molar-refractivity contribution < 1.29 is 34.5 Å². The van der Waals surface area contributed by atoms with Gasteiger partial charge in [0.05, 0.1) is 19.2 Å². The predicted molar refractivity (Wildman–Crippen MR) is 114 cm³/mol. The van der Waals surface area contributed by atoms with Crippen molar-refractivity contribution in [2.24, 2.45) is 5.73 Å². The molecule has 12 heteroatoms. The van der Waals surface area contributed by atoms with Gasteiger partial charge < -0.3 is 37.0 Å². The average Bonchev–Trinajstić information content (AvgIpc) is 2.74. The summed E-state index contributed by atoms with van der Waals surface area (Å²) < 4.78 is 0. The van der Waals surface area contributed by atoms with Gasteiger partial charge in [0.1, 0.15) is 17.8 Å². The molecule has 1 aromatic carbocycles. The first-order chi connectivity index (χ1) is 14.7. The topological polar surface area (TPSA) is 191 Å². The van der Waals surface area contributed by atoms with Crippen LogP contribution in [0.3, 0.4) is 0 Å². The average molecular weight is 457 g/mol. The molecule has 31 heavy (non-hydrogen) atoms.